The highest BCUT2D eigenvalue weighted by molar-refractivity contribution is 7.80. The van der Waals surface area contributed by atoms with E-state index in [-0.39, 0.29) is 25.4 Å². The Morgan fingerprint density at radius 3 is 1.71 bits per heavy atom. The molecule has 0 fully saturated rings. The summed E-state index contributed by atoms with van der Waals surface area (Å²) in [6.07, 6.45) is 1.95. The van der Waals surface area contributed by atoms with E-state index in [9.17, 15) is 8.42 Å². The lowest BCUT2D eigenvalue weighted by molar-refractivity contribution is 0.189. The van der Waals surface area contributed by atoms with Crippen molar-refractivity contribution in [1.29, 1.82) is 0 Å². The maximum atomic E-state index is 9.56. The summed E-state index contributed by atoms with van der Waals surface area (Å²) in [5, 5.41) is 17.2. The van der Waals surface area contributed by atoms with Crippen LogP contribution in [-0.2, 0) is 14.6 Å². The number of rotatable bonds is 7. The molecule has 8 heteroatoms. The average Bonchev–Trinajstić information content (AvgIpc) is 2.17. The molecular formula is C9H23NO6S. The lowest BCUT2D eigenvalue weighted by Crippen LogP contribution is -2.40. The molecule has 7 nitrogen and oxygen atoms in total. The van der Waals surface area contributed by atoms with Crippen LogP contribution in [0.3, 0.4) is 0 Å². The van der Waals surface area contributed by atoms with Gasteiger partial charge in [-0.15, -0.1) is 0 Å². The summed E-state index contributed by atoms with van der Waals surface area (Å²) in [5.74, 6) is 0. The van der Waals surface area contributed by atoms with Gasteiger partial charge in [-0.2, -0.15) is 8.42 Å². The molecule has 0 aromatic heterocycles. The zero-order valence-electron chi connectivity index (χ0n) is 10.3. The van der Waals surface area contributed by atoms with E-state index in [4.69, 9.17) is 20.5 Å². The summed E-state index contributed by atoms with van der Waals surface area (Å²) < 4.78 is 30.7. The Kier molecular flexibility index (Phi) is 10.9. The maximum absolute atomic E-state index is 9.56. The summed E-state index contributed by atoms with van der Waals surface area (Å²) in [4.78, 5) is 0. The van der Waals surface area contributed by atoms with Crippen molar-refractivity contribution in [3.05, 3.63) is 0 Å². The molecule has 0 aromatic rings. The van der Waals surface area contributed by atoms with Gasteiger partial charge >= 0.3 is 10.4 Å². The third-order valence-corrected chi connectivity index (χ3v) is 2.72. The first-order valence-corrected chi connectivity index (χ1v) is 6.73. The van der Waals surface area contributed by atoms with E-state index in [1.807, 2.05) is 6.92 Å². The zero-order chi connectivity index (χ0) is 13.9. The topological polar surface area (TPSA) is 130 Å². The fraction of sp³-hybridized carbons (Fsp3) is 1.00. The molecule has 0 atom stereocenters. The van der Waals surface area contributed by atoms with Gasteiger partial charge in [0.15, 0.2) is 0 Å². The Morgan fingerprint density at radius 2 is 1.59 bits per heavy atom. The average molecular weight is 273 g/mol. The van der Waals surface area contributed by atoms with Crippen LogP contribution in [0.5, 0.6) is 0 Å². The summed E-state index contributed by atoms with van der Waals surface area (Å²) in [5.41, 5.74) is 5.44. The summed E-state index contributed by atoms with van der Waals surface area (Å²) in [6, 6.07) is 0. The van der Waals surface area contributed by atoms with Gasteiger partial charge in [0.05, 0.1) is 6.61 Å². The minimum absolute atomic E-state index is 0.0289. The summed E-state index contributed by atoms with van der Waals surface area (Å²) >= 11 is 0. The molecule has 0 rings (SSSR count). The van der Waals surface area contributed by atoms with Crippen LogP contribution in [0.1, 0.15) is 33.1 Å². The first kappa shape index (κ1) is 19.1. The van der Waals surface area contributed by atoms with Gasteiger partial charge in [0, 0.05) is 18.8 Å². The van der Waals surface area contributed by atoms with Crippen molar-refractivity contribution in [2.24, 2.45) is 5.73 Å². The van der Waals surface area contributed by atoms with Crippen molar-refractivity contribution in [1.82, 2.24) is 0 Å². The van der Waals surface area contributed by atoms with Crippen LogP contribution in [0.2, 0.25) is 0 Å². The Hall–Kier alpha value is -0.250. The first-order chi connectivity index (χ1) is 7.74. The molecule has 17 heavy (non-hydrogen) atoms. The van der Waals surface area contributed by atoms with Gasteiger partial charge in [0.1, 0.15) is 0 Å². The maximum Gasteiger partial charge on any atom is 0.397 e. The molecule has 0 aliphatic carbocycles. The van der Waals surface area contributed by atoms with E-state index >= 15 is 0 Å². The fourth-order valence-electron chi connectivity index (χ4n) is 1.07. The standard InChI is InChI=1S/C7H17NO2.C2H6O4S/c1-2-7(8,3-5-9)4-6-10;1-2-6-7(3,4)5/h9-10H,2-6,8H2,1H3;2H2,1H3,(H,3,4,5). The lowest BCUT2D eigenvalue weighted by Gasteiger charge is -2.26. The number of hydrogen-bond donors (Lipinski definition) is 4. The van der Waals surface area contributed by atoms with Crippen LogP contribution in [0.4, 0.5) is 0 Å². The molecule has 0 spiro atoms. The molecule has 0 unspecified atom stereocenters. The van der Waals surface area contributed by atoms with E-state index in [0.717, 1.165) is 6.42 Å². The minimum Gasteiger partial charge on any atom is -0.396 e. The SMILES string of the molecule is CCC(N)(CCO)CCO.CCOS(=O)(=O)O. The number of aliphatic hydroxyl groups excluding tert-OH is 2. The van der Waals surface area contributed by atoms with E-state index in [0.29, 0.717) is 12.8 Å². The Bertz CT molecular complexity index is 261. The second-order valence-electron chi connectivity index (χ2n) is 3.50. The van der Waals surface area contributed by atoms with Gasteiger partial charge in [0.2, 0.25) is 0 Å². The molecule has 0 amide bonds. The molecule has 0 aliphatic rings. The van der Waals surface area contributed by atoms with E-state index in [1.165, 1.54) is 6.92 Å². The molecule has 0 aliphatic heterocycles. The summed E-state index contributed by atoms with van der Waals surface area (Å²) in [6.45, 7) is 3.60. The Balaban J connectivity index is 0. The molecule has 5 N–H and O–H groups in total. The van der Waals surface area contributed by atoms with Gasteiger partial charge in [0.25, 0.3) is 0 Å². The molecule has 106 valence electrons. The highest BCUT2D eigenvalue weighted by atomic mass is 32.3. The van der Waals surface area contributed by atoms with Crippen molar-refractivity contribution in [2.45, 2.75) is 38.6 Å². The smallest absolute Gasteiger partial charge is 0.396 e. The second-order valence-corrected chi connectivity index (χ2v) is 4.59. The molecule has 0 radical (unpaired) electrons. The van der Waals surface area contributed by atoms with Crippen LogP contribution in [0.15, 0.2) is 0 Å². The van der Waals surface area contributed by atoms with Crippen LogP contribution in [-0.4, -0.2) is 48.5 Å². The van der Waals surface area contributed by atoms with Gasteiger partial charge in [-0.3, -0.25) is 4.55 Å². The van der Waals surface area contributed by atoms with Gasteiger partial charge in [-0.25, -0.2) is 4.18 Å². The Labute approximate surface area is 103 Å². The third kappa shape index (κ3) is 13.7. The molecule has 0 saturated carbocycles. The molecular weight excluding hydrogens is 250 g/mol. The van der Waals surface area contributed by atoms with Crippen LogP contribution in [0, 0.1) is 0 Å². The third-order valence-electron chi connectivity index (χ3n) is 2.19. The quantitative estimate of drug-likeness (QED) is 0.468. The first-order valence-electron chi connectivity index (χ1n) is 5.37. The lowest BCUT2D eigenvalue weighted by atomic mass is 9.90. The van der Waals surface area contributed by atoms with Crippen LogP contribution < -0.4 is 5.73 Å². The highest BCUT2D eigenvalue weighted by Gasteiger charge is 2.20. The van der Waals surface area contributed by atoms with E-state index in [2.05, 4.69) is 4.18 Å². The van der Waals surface area contributed by atoms with E-state index in [1.54, 1.807) is 0 Å². The predicted octanol–water partition coefficient (Wildman–Crippen LogP) is -0.316. The normalized spacial score (nSPS) is 11.9. The van der Waals surface area contributed by atoms with Crippen LogP contribution >= 0.6 is 0 Å². The molecule has 0 bridgehead atoms. The Morgan fingerprint density at radius 1 is 1.18 bits per heavy atom. The zero-order valence-corrected chi connectivity index (χ0v) is 11.1. The van der Waals surface area contributed by atoms with Gasteiger partial charge in [-0.05, 0) is 26.2 Å². The molecule has 0 saturated heterocycles. The van der Waals surface area contributed by atoms with Crippen LogP contribution in [0.25, 0.3) is 0 Å². The number of hydrogen-bond acceptors (Lipinski definition) is 6. The van der Waals surface area contributed by atoms with E-state index < -0.39 is 10.4 Å². The van der Waals surface area contributed by atoms with Crippen molar-refractivity contribution in [3.8, 4) is 0 Å². The van der Waals surface area contributed by atoms with Gasteiger partial charge in [-0.1, -0.05) is 6.92 Å². The molecule has 0 heterocycles. The predicted molar refractivity (Wildman–Crippen MR) is 63.8 cm³/mol. The fourth-order valence-corrected chi connectivity index (χ4v) is 1.37. The van der Waals surface area contributed by atoms with Crippen molar-refractivity contribution in [2.75, 3.05) is 19.8 Å². The largest absolute Gasteiger partial charge is 0.397 e. The number of aliphatic hydroxyl groups is 2. The van der Waals surface area contributed by atoms with Crippen molar-refractivity contribution >= 4 is 10.4 Å². The summed E-state index contributed by atoms with van der Waals surface area (Å²) in [7, 11) is -4.17. The monoisotopic (exact) mass is 273 g/mol. The highest BCUT2D eigenvalue weighted by Crippen LogP contribution is 2.14. The minimum atomic E-state index is -4.17. The number of nitrogens with two attached hydrogens (primary N) is 1. The molecule has 0 aromatic carbocycles. The van der Waals surface area contributed by atoms with Crippen molar-refractivity contribution in [3.63, 3.8) is 0 Å². The van der Waals surface area contributed by atoms with Gasteiger partial charge < -0.3 is 15.9 Å². The van der Waals surface area contributed by atoms with Crippen molar-refractivity contribution < 1.29 is 27.4 Å². The second kappa shape index (κ2) is 9.75.